The van der Waals surface area contributed by atoms with Gasteiger partial charge in [0.1, 0.15) is 0 Å². The molecule has 2 N–H and O–H groups in total. The summed E-state index contributed by atoms with van der Waals surface area (Å²) in [5.74, 6) is 0. The number of likely N-dealkylation sites (tertiary alicyclic amines) is 1. The lowest BCUT2D eigenvalue weighted by molar-refractivity contribution is -0.00461. The van der Waals surface area contributed by atoms with E-state index in [4.69, 9.17) is 15.2 Å². The van der Waals surface area contributed by atoms with Crippen molar-refractivity contribution in [1.29, 1.82) is 0 Å². The fourth-order valence-electron chi connectivity index (χ4n) is 2.50. The van der Waals surface area contributed by atoms with Gasteiger partial charge in [-0.2, -0.15) is 0 Å². The average molecular weight is 250 g/mol. The zero-order chi connectivity index (χ0) is 13.0. The summed E-state index contributed by atoms with van der Waals surface area (Å²) in [6.45, 7) is 2.61. The zero-order valence-corrected chi connectivity index (χ0v) is 11.1. The Morgan fingerprint density at radius 2 is 1.72 bits per heavy atom. The van der Waals surface area contributed by atoms with Crippen molar-refractivity contribution in [3.8, 4) is 0 Å². The molecule has 0 aliphatic carbocycles. The predicted molar refractivity (Wildman–Crippen MR) is 71.4 cm³/mol. The van der Waals surface area contributed by atoms with Gasteiger partial charge in [0.05, 0.1) is 12.2 Å². The second-order valence-electron chi connectivity index (χ2n) is 4.78. The Bertz CT molecular complexity index is 346. The maximum absolute atomic E-state index is 6.23. The summed E-state index contributed by atoms with van der Waals surface area (Å²) >= 11 is 0. The number of methoxy groups -OCH3 is 2. The summed E-state index contributed by atoms with van der Waals surface area (Å²) in [6, 6.07) is 10.2. The van der Waals surface area contributed by atoms with Gasteiger partial charge in [-0.1, -0.05) is 30.3 Å². The summed E-state index contributed by atoms with van der Waals surface area (Å²) in [7, 11) is 3.47. The first-order valence-corrected chi connectivity index (χ1v) is 6.33. The highest BCUT2D eigenvalue weighted by atomic mass is 16.5. The molecule has 1 aliphatic rings. The lowest BCUT2D eigenvalue weighted by atomic mass is 10.1. The number of rotatable bonds is 5. The number of ether oxygens (including phenoxy) is 2. The van der Waals surface area contributed by atoms with Crippen LogP contribution in [-0.2, 0) is 9.47 Å². The largest absolute Gasteiger partial charge is 0.377 e. The molecule has 0 spiro atoms. The van der Waals surface area contributed by atoms with Crippen molar-refractivity contribution < 1.29 is 9.47 Å². The molecule has 0 radical (unpaired) electrons. The second kappa shape index (κ2) is 6.29. The molecule has 3 unspecified atom stereocenters. The average Bonchev–Trinajstić information content (AvgIpc) is 2.81. The van der Waals surface area contributed by atoms with Gasteiger partial charge in [-0.15, -0.1) is 0 Å². The van der Waals surface area contributed by atoms with Gasteiger partial charge in [0, 0.05) is 39.9 Å². The molecule has 4 heteroatoms. The summed E-state index contributed by atoms with van der Waals surface area (Å²) < 4.78 is 10.8. The lowest BCUT2D eigenvalue weighted by Crippen LogP contribution is -2.31. The molecule has 1 aliphatic heterocycles. The van der Waals surface area contributed by atoms with E-state index < -0.39 is 0 Å². The van der Waals surface area contributed by atoms with E-state index in [0.717, 1.165) is 19.6 Å². The van der Waals surface area contributed by atoms with Crippen LogP contribution in [0.15, 0.2) is 30.3 Å². The number of benzene rings is 1. The molecule has 2 rings (SSSR count). The second-order valence-corrected chi connectivity index (χ2v) is 4.78. The molecule has 1 aromatic carbocycles. The molecular formula is C14H22N2O2. The van der Waals surface area contributed by atoms with Gasteiger partial charge in [0.15, 0.2) is 0 Å². The van der Waals surface area contributed by atoms with Crippen molar-refractivity contribution in [3.05, 3.63) is 35.9 Å². The Hall–Kier alpha value is -0.940. The standard InChI is InChI=1S/C14H22N2O2/c1-17-13-9-16(10-14(13)18-2)8-12(15)11-6-4-3-5-7-11/h3-7,12-14H,8-10,15H2,1-2H3. The third-order valence-electron chi connectivity index (χ3n) is 3.58. The van der Waals surface area contributed by atoms with Gasteiger partial charge in [-0.05, 0) is 5.56 Å². The molecule has 4 nitrogen and oxygen atoms in total. The van der Waals surface area contributed by atoms with Crippen LogP contribution in [0.1, 0.15) is 11.6 Å². The summed E-state index contributed by atoms with van der Waals surface area (Å²) in [5.41, 5.74) is 7.40. The SMILES string of the molecule is COC1CN(CC(N)c2ccccc2)CC1OC. The summed E-state index contributed by atoms with van der Waals surface area (Å²) in [6.07, 6.45) is 0.302. The third-order valence-corrected chi connectivity index (χ3v) is 3.58. The summed E-state index contributed by atoms with van der Waals surface area (Å²) in [4.78, 5) is 2.31. The monoisotopic (exact) mass is 250 g/mol. The van der Waals surface area contributed by atoms with E-state index in [1.807, 2.05) is 18.2 Å². The lowest BCUT2D eigenvalue weighted by Gasteiger charge is -2.20. The minimum atomic E-state index is 0.0410. The molecule has 1 aromatic rings. The minimum absolute atomic E-state index is 0.0410. The topological polar surface area (TPSA) is 47.7 Å². The number of hydrogen-bond acceptors (Lipinski definition) is 4. The van der Waals surface area contributed by atoms with E-state index in [2.05, 4.69) is 17.0 Å². The van der Waals surface area contributed by atoms with Gasteiger partial charge < -0.3 is 15.2 Å². The highest BCUT2D eigenvalue weighted by Gasteiger charge is 2.33. The highest BCUT2D eigenvalue weighted by molar-refractivity contribution is 5.18. The first-order valence-electron chi connectivity index (χ1n) is 6.33. The number of nitrogens with two attached hydrogens (primary N) is 1. The Morgan fingerprint density at radius 1 is 1.17 bits per heavy atom. The van der Waals surface area contributed by atoms with Gasteiger partial charge in [-0.3, -0.25) is 4.90 Å². The van der Waals surface area contributed by atoms with Gasteiger partial charge in [0.25, 0.3) is 0 Å². The van der Waals surface area contributed by atoms with Crippen LogP contribution in [0.2, 0.25) is 0 Å². The Labute approximate surface area is 109 Å². The Balaban J connectivity index is 1.91. The van der Waals surface area contributed by atoms with E-state index in [1.165, 1.54) is 5.56 Å². The van der Waals surface area contributed by atoms with E-state index in [1.54, 1.807) is 14.2 Å². The quantitative estimate of drug-likeness (QED) is 0.848. The van der Waals surface area contributed by atoms with Crippen LogP contribution in [0.3, 0.4) is 0 Å². The highest BCUT2D eigenvalue weighted by Crippen LogP contribution is 2.19. The van der Waals surface area contributed by atoms with Crippen LogP contribution in [-0.4, -0.2) is 51.0 Å². The van der Waals surface area contributed by atoms with Crippen LogP contribution in [0, 0.1) is 0 Å². The fraction of sp³-hybridized carbons (Fsp3) is 0.571. The normalized spacial score (nSPS) is 26.4. The van der Waals surface area contributed by atoms with Gasteiger partial charge >= 0.3 is 0 Å². The molecule has 1 fully saturated rings. The Kier molecular flexibility index (Phi) is 4.72. The molecule has 1 heterocycles. The van der Waals surface area contributed by atoms with Crippen molar-refractivity contribution >= 4 is 0 Å². The maximum atomic E-state index is 6.23. The van der Waals surface area contributed by atoms with Gasteiger partial charge in [-0.25, -0.2) is 0 Å². The van der Waals surface area contributed by atoms with Crippen molar-refractivity contribution in [2.45, 2.75) is 18.2 Å². The molecule has 0 aromatic heterocycles. The van der Waals surface area contributed by atoms with Crippen LogP contribution in [0.4, 0.5) is 0 Å². The van der Waals surface area contributed by atoms with E-state index in [9.17, 15) is 0 Å². The zero-order valence-electron chi connectivity index (χ0n) is 11.1. The molecule has 0 amide bonds. The number of nitrogens with zero attached hydrogens (tertiary/aromatic N) is 1. The first-order chi connectivity index (χ1) is 8.74. The first kappa shape index (κ1) is 13.5. The van der Waals surface area contributed by atoms with Gasteiger partial charge in [0.2, 0.25) is 0 Å². The Morgan fingerprint density at radius 3 is 2.22 bits per heavy atom. The smallest absolute Gasteiger partial charge is 0.0971 e. The molecule has 0 saturated carbocycles. The molecule has 1 saturated heterocycles. The minimum Gasteiger partial charge on any atom is -0.377 e. The van der Waals surface area contributed by atoms with E-state index in [0.29, 0.717) is 0 Å². The van der Waals surface area contributed by atoms with Crippen molar-refractivity contribution in [2.24, 2.45) is 5.73 Å². The number of hydrogen-bond donors (Lipinski definition) is 1. The fourth-order valence-corrected chi connectivity index (χ4v) is 2.50. The molecular weight excluding hydrogens is 228 g/mol. The molecule has 18 heavy (non-hydrogen) atoms. The van der Waals surface area contributed by atoms with Crippen molar-refractivity contribution in [2.75, 3.05) is 33.9 Å². The van der Waals surface area contributed by atoms with Crippen molar-refractivity contribution in [1.82, 2.24) is 4.90 Å². The van der Waals surface area contributed by atoms with Crippen LogP contribution in [0.25, 0.3) is 0 Å². The summed E-state index contributed by atoms with van der Waals surface area (Å²) in [5, 5.41) is 0. The van der Waals surface area contributed by atoms with Crippen LogP contribution >= 0.6 is 0 Å². The molecule has 0 bridgehead atoms. The maximum Gasteiger partial charge on any atom is 0.0971 e. The molecule has 100 valence electrons. The van der Waals surface area contributed by atoms with E-state index >= 15 is 0 Å². The molecule has 3 atom stereocenters. The third kappa shape index (κ3) is 3.09. The van der Waals surface area contributed by atoms with Crippen LogP contribution < -0.4 is 5.73 Å². The predicted octanol–water partition coefficient (Wildman–Crippen LogP) is 1.03. The van der Waals surface area contributed by atoms with Crippen molar-refractivity contribution in [3.63, 3.8) is 0 Å². The van der Waals surface area contributed by atoms with Crippen LogP contribution in [0.5, 0.6) is 0 Å². The van der Waals surface area contributed by atoms with E-state index in [-0.39, 0.29) is 18.2 Å².